The van der Waals surface area contributed by atoms with Crippen molar-refractivity contribution in [1.82, 2.24) is 4.98 Å². The molecule has 0 saturated heterocycles. The zero-order chi connectivity index (χ0) is 10.9. The molecule has 0 unspecified atom stereocenters. The van der Waals surface area contributed by atoms with Gasteiger partial charge in [0.2, 0.25) is 5.91 Å². The summed E-state index contributed by atoms with van der Waals surface area (Å²) in [5, 5.41) is 3.09. The fourth-order valence-corrected chi connectivity index (χ4v) is 1.69. The number of nitrogens with two attached hydrogens (primary N) is 1. The van der Waals surface area contributed by atoms with Crippen molar-refractivity contribution >= 4 is 23.2 Å². The number of aromatic nitrogens is 1. The molecule has 1 aromatic rings. The molecule has 0 aromatic carbocycles. The van der Waals surface area contributed by atoms with Crippen molar-refractivity contribution in [3.05, 3.63) is 23.5 Å². The fraction of sp³-hybridized carbons (Fsp3) is 0.400. The van der Waals surface area contributed by atoms with E-state index in [1.807, 2.05) is 0 Å². The van der Waals surface area contributed by atoms with Crippen LogP contribution in [0, 0.1) is 0 Å². The first-order valence-corrected chi connectivity index (χ1v) is 5.20. The number of pyridine rings is 1. The van der Waals surface area contributed by atoms with Crippen molar-refractivity contribution in [1.29, 1.82) is 0 Å². The normalized spacial score (nSPS) is 18.0. The molecule has 15 heavy (non-hydrogen) atoms. The van der Waals surface area contributed by atoms with Gasteiger partial charge in [-0.25, -0.2) is 4.98 Å². The van der Waals surface area contributed by atoms with Gasteiger partial charge in [0.05, 0.1) is 5.54 Å². The van der Waals surface area contributed by atoms with Crippen molar-refractivity contribution in [2.24, 2.45) is 5.73 Å². The molecule has 80 valence electrons. The highest BCUT2D eigenvalue weighted by molar-refractivity contribution is 6.29. The average Bonchev–Trinajstić information content (AvgIpc) is 2.14. The Hall–Kier alpha value is -1.13. The van der Waals surface area contributed by atoms with Crippen LogP contribution in [0.2, 0.25) is 5.15 Å². The molecule has 1 aliphatic rings. The van der Waals surface area contributed by atoms with E-state index in [4.69, 9.17) is 17.3 Å². The molecular weight excluding hydrogens is 214 g/mol. The van der Waals surface area contributed by atoms with Crippen LogP contribution in [0.1, 0.15) is 19.3 Å². The third-order valence-corrected chi connectivity index (χ3v) is 2.89. The minimum Gasteiger partial charge on any atom is -0.324 e. The zero-order valence-corrected chi connectivity index (χ0v) is 8.92. The Kier molecular flexibility index (Phi) is 2.63. The molecule has 4 nitrogen and oxygen atoms in total. The summed E-state index contributed by atoms with van der Waals surface area (Å²) in [6.45, 7) is 0. The zero-order valence-electron chi connectivity index (χ0n) is 8.16. The second kappa shape index (κ2) is 3.79. The molecule has 1 fully saturated rings. The quantitative estimate of drug-likeness (QED) is 0.751. The Bertz CT molecular complexity index is 390. The highest BCUT2D eigenvalue weighted by atomic mass is 35.5. The minimum atomic E-state index is -0.685. The van der Waals surface area contributed by atoms with Crippen LogP contribution in [-0.2, 0) is 4.79 Å². The summed E-state index contributed by atoms with van der Waals surface area (Å²) in [5.41, 5.74) is 5.82. The van der Waals surface area contributed by atoms with Gasteiger partial charge in [-0.1, -0.05) is 11.6 Å². The smallest absolute Gasteiger partial charge is 0.244 e. The van der Waals surface area contributed by atoms with E-state index in [0.29, 0.717) is 10.8 Å². The van der Waals surface area contributed by atoms with E-state index in [0.717, 1.165) is 19.3 Å². The lowest BCUT2D eigenvalue weighted by Crippen LogP contribution is -2.56. The largest absolute Gasteiger partial charge is 0.324 e. The fourth-order valence-electron chi connectivity index (χ4n) is 1.52. The number of hydrogen-bond donors (Lipinski definition) is 2. The molecule has 0 bridgehead atoms. The van der Waals surface area contributed by atoms with Crippen molar-refractivity contribution in [2.75, 3.05) is 5.32 Å². The van der Waals surface area contributed by atoms with Crippen LogP contribution in [0.4, 0.5) is 5.69 Å². The first kappa shape index (κ1) is 10.4. The number of amides is 1. The van der Waals surface area contributed by atoms with Crippen molar-refractivity contribution in [3.8, 4) is 0 Å². The van der Waals surface area contributed by atoms with Gasteiger partial charge in [0.1, 0.15) is 5.15 Å². The van der Waals surface area contributed by atoms with E-state index in [-0.39, 0.29) is 5.91 Å². The van der Waals surface area contributed by atoms with Gasteiger partial charge in [-0.15, -0.1) is 0 Å². The SMILES string of the molecule is NC1(C(=O)Nc2ccnc(Cl)c2)CCC1. The van der Waals surface area contributed by atoms with Gasteiger partial charge in [0.25, 0.3) is 0 Å². The summed E-state index contributed by atoms with van der Waals surface area (Å²) in [6.07, 6.45) is 4.05. The molecule has 5 heteroatoms. The second-order valence-electron chi connectivity index (χ2n) is 3.83. The molecule has 0 aliphatic heterocycles. The van der Waals surface area contributed by atoms with E-state index < -0.39 is 5.54 Å². The summed E-state index contributed by atoms with van der Waals surface area (Å²) in [4.78, 5) is 15.6. The molecule has 2 rings (SSSR count). The molecule has 1 saturated carbocycles. The van der Waals surface area contributed by atoms with Gasteiger partial charge in [-0.2, -0.15) is 0 Å². The van der Waals surface area contributed by atoms with Crippen LogP contribution < -0.4 is 11.1 Å². The first-order valence-electron chi connectivity index (χ1n) is 4.82. The molecule has 0 atom stereocenters. The van der Waals surface area contributed by atoms with Crippen LogP contribution in [0.3, 0.4) is 0 Å². The van der Waals surface area contributed by atoms with E-state index in [9.17, 15) is 4.79 Å². The first-order chi connectivity index (χ1) is 7.10. The van der Waals surface area contributed by atoms with Crippen LogP contribution >= 0.6 is 11.6 Å². The van der Waals surface area contributed by atoms with Gasteiger partial charge in [0, 0.05) is 11.9 Å². The predicted octanol–water partition coefficient (Wildman–Crippen LogP) is 1.55. The minimum absolute atomic E-state index is 0.143. The Morgan fingerprint density at radius 3 is 2.87 bits per heavy atom. The Morgan fingerprint density at radius 2 is 2.33 bits per heavy atom. The maximum absolute atomic E-state index is 11.7. The Balaban J connectivity index is 2.06. The number of carbonyl (C=O) groups excluding carboxylic acids is 1. The molecule has 1 amide bonds. The molecule has 3 N–H and O–H groups in total. The molecule has 1 aliphatic carbocycles. The number of anilines is 1. The summed E-state index contributed by atoms with van der Waals surface area (Å²) >= 11 is 5.70. The van der Waals surface area contributed by atoms with Crippen molar-refractivity contribution in [2.45, 2.75) is 24.8 Å². The number of rotatable bonds is 2. The highest BCUT2D eigenvalue weighted by Gasteiger charge is 2.40. The van der Waals surface area contributed by atoms with Gasteiger partial charge >= 0.3 is 0 Å². The van der Waals surface area contributed by atoms with Gasteiger partial charge in [-0.05, 0) is 31.4 Å². The van der Waals surface area contributed by atoms with E-state index in [1.165, 1.54) is 0 Å². The molecule has 1 heterocycles. The maximum Gasteiger partial charge on any atom is 0.244 e. The lowest BCUT2D eigenvalue weighted by molar-refractivity contribution is -0.123. The molecular formula is C10H12ClN3O. The summed E-state index contributed by atoms with van der Waals surface area (Å²) in [6, 6.07) is 3.29. The third kappa shape index (κ3) is 2.11. The van der Waals surface area contributed by atoms with E-state index in [2.05, 4.69) is 10.3 Å². The standard InChI is InChI=1S/C10H12ClN3O/c11-8-6-7(2-5-13-8)14-9(15)10(12)3-1-4-10/h2,5-6H,1,3-4,12H2,(H,13,14,15). The number of nitrogens with zero attached hydrogens (tertiary/aromatic N) is 1. The van der Waals surface area contributed by atoms with Crippen LogP contribution in [0.25, 0.3) is 0 Å². The lowest BCUT2D eigenvalue weighted by atomic mass is 9.77. The van der Waals surface area contributed by atoms with Gasteiger partial charge < -0.3 is 11.1 Å². The Morgan fingerprint density at radius 1 is 1.60 bits per heavy atom. The van der Waals surface area contributed by atoms with E-state index in [1.54, 1.807) is 18.3 Å². The highest BCUT2D eigenvalue weighted by Crippen LogP contribution is 2.30. The van der Waals surface area contributed by atoms with Crippen LogP contribution in [0.15, 0.2) is 18.3 Å². The lowest BCUT2D eigenvalue weighted by Gasteiger charge is -2.36. The van der Waals surface area contributed by atoms with Gasteiger partial charge in [0.15, 0.2) is 0 Å². The van der Waals surface area contributed by atoms with Crippen LogP contribution in [0.5, 0.6) is 0 Å². The summed E-state index contributed by atoms with van der Waals surface area (Å²) < 4.78 is 0. The number of hydrogen-bond acceptors (Lipinski definition) is 3. The number of carbonyl (C=O) groups is 1. The second-order valence-corrected chi connectivity index (χ2v) is 4.22. The van der Waals surface area contributed by atoms with Gasteiger partial charge in [-0.3, -0.25) is 4.79 Å². The monoisotopic (exact) mass is 225 g/mol. The molecule has 0 radical (unpaired) electrons. The van der Waals surface area contributed by atoms with Crippen molar-refractivity contribution < 1.29 is 4.79 Å². The van der Waals surface area contributed by atoms with Crippen molar-refractivity contribution in [3.63, 3.8) is 0 Å². The maximum atomic E-state index is 11.7. The van der Waals surface area contributed by atoms with Crippen LogP contribution in [-0.4, -0.2) is 16.4 Å². The topological polar surface area (TPSA) is 68.0 Å². The summed E-state index contributed by atoms with van der Waals surface area (Å²) in [5.74, 6) is -0.143. The number of nitrogens with one attached hydrogen (secondary N) is 1. The average molecular weight is 226 g/mol. The Labute approximate surface area is 92.8 Å². The van der Waals surface area contributed by atoms with E-state index >= 15 is 0 Å². The molecule has 1 aromatic heterocycles. The predicted molar refractivity (Wildman–Crippen MR) is 58.6 cm³/mol. The third-order valence-electron chi connectivity index (χ3n) is 2.68. The number of halogens is 1. The summed E-state index contributed by atoms with van der Waals surface area (Å²) in [7, 11) is 0. The molecule has 0 spiro atoms.